The van der Waals surface area contributed by atoms with Gasteiger partial charge in [-0.2, -0.15) is 11.8 Å². The highest BCUT2D eigenvalue weighted by Crippen LogP contribution is 2.20. The van der Waals surface area contributed by atoms with Crippen molar-refractivity contribution < 1.29 is 4.39 Å². The molecule has 0 saturated carbocycles. The molecule has 2 nitrogen and oxygen atoms in total. The highest BCUT2D eigenvalue weighted by Gasteiger charge is 2.11. The summed E-state index contributed by atoms with van der Waals surface area (Å²) in [5, 5.41) is 3.31. The molecule has 0 spiro atoms. The Hall–Kier alpha value is -0.740. The maximum absolute atomic E-state index is 13.7. The van der Waals surface area contributed by atoms with Gasteiger partial charge in [-0.3, -0.25) is 0 Å². The lowest BCUT2D eigenvalue weighted by Crippen LogP contribution is -2.31. The Labute approximate surface area is 120 Å². The SMILES string of the molecule is CCCNCc1cc(F)cc(N(C)C(C)CSC)c1. The molecule has 1 rings (SSSR count). The smallest absolute Gasteiger partial charge is 0.125 e. The number of nitrogens with zero attached hydrogens (tertiary/aromatic N) is 1. The van der Waals surface area contributed by atoms with Crippen LogP contribution in [0.4, 0.5) is 10.1 Å². The first kappa shape index (κ1) is 16.3. The summed E-state index contributed by atoms with van der Waals surface area (Å²) in [4.78, 5) is 2.14. The van der Waals surface area contributed by atoms with Crippen LogP contribution in [0.2, 0.25) is 0 Å². The van der Waals surface area contributed by atoms with Gasteiger partial charge in [-0.25, -0.2) is 4.39 Å². The van der Waals surface area contributed by atoms with Crippen LogP contribution in [0.15, 0.2) is 18.2 Å². The Morgan fingerprint density at radius 1 is 1.37 bits per heavy atom. The van der Waals surface area contributed by atoms with E-state index in [2.05, 4.69) is 36.4 Å². The van der Waals surface area contributed by atoms with Gasteiger partial charge in [0.1, 0.15) is 5.82 Å². The van der Waals surface area contributed by atoms with E-state index in [1.807, 2.05) is 18.8 Å². The number of thioether (sulfide) groups is 1. The Morgan fingerprint density at radius 2 is 2.11 bits per heavy atom. The van der Waals surface area contributed by atoms with Gasteiger partial charge in [-0.1, -0.05) is 6.92 Å². The van der Waals surface area contributed by atoms with Crippen LogP contribution in [-0.4, -0.2) is 31.6 Å². The van der Waals surface area contributed by atoms with Gasteiger partial charge in [0.2, 0.25) is 0 Å². The van der Waals surface area contributed by atoms with Crippen molar-refractivity contribution in [2.24, 2.45) is 0 Å². The van der Waals surface area contributed by atoms with Crippen molar-refractivity contribution in [1.82, 2.24) is 5.32 Å². The van der Waals surface area contributed by atoms with E-state index in [0.29, 0.717) is 6.04 Å². The molecule has 0 aliphatic carbocycles. The predicted molar refractivity (Wildman–Crippen MR) is 84.6 cm³/mol. The molecule has 1 atom stereocenters. The molecule has 0 amide bonds. The van der Waals surface area contributed by atoms with Crippen LogP contribution in [0.25, 0.3) is 0 Å². The fraction of sp³-hybridized carbons (Fsp3) is 0.600. The summed E-state index contributed by atoms with van der Waals surface area (Å²) in [6.07, 6.45) is 3.18. The van der Waals surface area contributed by atoms with Crippen LogP contribution in [0.1, 0.15) is 25.8 Å². The third-order valence-corrected chi connectivity index (χ3v) is 3.99. The molecular formula is C15H25FN2S. The van der Waals surface area contributed by atoms with Crippen LogP contribution in [0.5, 0.6) is 0 Å². The summed E-state index contributed by atoms with van der Waals surface area (Å²) < 4.78 is 13.7. The number of rotatable bonds is 8. The van der Waals surface area contributed by atoms with Crippen LogP contribution >= 0.6 is 11.8 Å². The average Bonchev–Trinajstić information content (AvgIpc) is 2.38. The van der Waals surface area contributed by atoms with E-state index in [0.717, 1.165) is 36.5 Å². The molecule has 0 fully saturated rings. The second-order valence-electron chi connectivity index (χ2n) is 4.91. The van der Waals surface area contributed by atoms with E-state index in [1.165, 1.54) is 0 Å². The van der Waals surface area contributed by atoms with Crippen molar-refractivity contribution in [3.63, 3.8) is 0 Å². The van der Waals surface area contributed by atoms with Crippen LogP contribution < -0.4 is 10.2 Å². The molecule has 0 heterocycles. The summed E-state index contributed by atoms with van der Waals surface area (Å²) in [6.45, 7) is 5.98. The van der Waals surface area contributed by atoms with Gasteiger partial charge < -0.3 is 10.2 Å². The number of hydrogen-bond donors (Lipinski definition) is 1. The van der Waals surface area contributed by atoms with Crippen molar-refractivity contribution in [2.45, 2.75) is 32.9 Å². The van der Waals surface area contributed by atoms with Gasteiger partial charge in [0.15, 0.2) is 0 Å². The predicted octanol–water partition coefficient (Wildman–Crippen LogP) is 3.51. The summed E-state index contributed by atoms with van der Waals surface area (Å²) in [7, 11) is 2.03. The van der Waals surface area contributed by atoms with Gasteiger partial charge >= 0.3 is 0 Å². The maximum atomic E-state index is 13.7. The van der Waals surface area contributed by atoms with Crippen molar-refractivity contribution >= 4 is 17.4 Å². The van der Waals surface area contributed by atoms with Crippen molar-refractivity contribution in [3.05, 3.63) is 29.6 Å². The minimum Gasteiger partial charge on any atom is -0.371 e. The standard InChI is InChI=1S/C15H25FN2S/c1-5-6-17-10-13-7-14(16)9-15(8-13)18(3)12(2)11-19-4/h7-9,12,17H,5-6,10-11H2,1-4H3. The molecule has 19 heavy (non-hydrogen) atoms. The average molecular weight is 284 g/mol. The largest absolute Gasteiger partial charge is 0.371 e. The molecule has 108 valence electrons. The molecule has 0 saturated heterocycles. The molecular weight excluding hydrogens is 259 g/mol. The van der Waals surface area contributed by atoms with E-state index in [-0.39, 0.29) is 5.82 Å². The van der Waals surface area contributed by atoms with E-state index >= 15 is 0 Å². The molecule has 1 unspecified atom stereocenters. The monoisotopic (exact) mass is 284 g/mol. The lowest BCUT2D eigenvalue weighted by Gasteiger charge is -2.27. The Bertz CT molecular complexity index is 384. The molecule has 0 radical (unpaired) electrons. The number of anilines is 1. The molecule has 0 bridgehead atoms. The first-order chi connectivity index (χ1) is 9.08. The van der Waals surface area contributed by atoms with Gasteiger partial charge in [0, 0.05) is 31.1 Å². The van der Waals surface area contributed by atoms with Crippen molar-refractivity contribution in [1.29, 1.82) is 0 Å². The second kappa shape index (κ2) is 8.43. The number of nitrogens with one attached hydrogen (secondary N) is 1. The van der Waals surface area contributed by atoms with Crippen molar-refractivity contribution in [2.75, 3.05) is 30.5 Å². The first-order valence-electron chi connectivity index (χ1n) is 6.80. The summed E-state index contributed by atoms with van der Waals surface area (Å²) in [6, 6.07) is 5.69. The summed E-state index contributed by atoms with van der Waals surface area (Å²) in [5.74, 6) is 0.880. The van der Waals surface area contributed by atoms with Crippen LogP contribution in [0.3, 0.4) is 0 Å². The molecule has 1 aromatic carbocycles. The van der Waals surface area contributed by atoms with E-state index in [1.54, 1.807) is 12.1 Å². The van der Waals surface area contributed by atoms with Gasteiger partial charge in [-0.15, -0.1) is 0 Å². The minimum atomic E-state index is -0.158. The first-order valence-corrected chi connectivity index (χ1v) is 8.19. The minimum absolute atomic E-state index is 0.158. The van der Waals surface area contributed by atoms with Crippen LogP contribution in [0, 0.1) is 5.82 Å². The van der Waals surface area contributed by atoms with Crippen LogP contribution in [-0.2, 0) is 6.54 Å². The topological polar surface area (TPSA) is 15.3 Å². The normalized spacial score (nSPS) is 12.5. The van der Waals surface area contributed by atoms with Gasteiger partial charge in [0.25, 0.3) is 0 Å². The second-order valence-corrected chi connectivity index (χ2v) is 5.82. The zero-order valence-electron chi connectivity index (χ0n) is 12.4. The molecule has 0 aliphatic rings. The molecule has 1 N–H and O–H groups in total. The van der Waals surface area contributed by atoms with E-state index < -0.39 is 0 Å². The fourth-order valence-corrected chi connectivity index (χ4v) is 2.66. The molecule has 1 aromatic rings. The highest BCUT2D eigenvalue weighted by atomic mass is 32.2. The quantitative estimate of drug-likeness (QED) is 0.735. The number of benzene rings is 1. The van der Waals surface area contributed by atoms with E-state index in [4.69, 9.17) is 0 Å². The third kappa shape index (κ3) is 5.41. The summed E-state index contributed by atoms with van der Waals surface area (Å²) >= 11 is 1.81. The molecule has 0 aliphatic heterocycles. The highest BCUT2D eigenvalue weighted by molar-refractivity contribution is 7.98. The lowest BCUT2D eigenvalue weighted by molar-refractivity contribution is 0.617. The van der Waals surface area contributed by atoms with Crippen molar-refractivity contribution in [3.8, 4) is 0 Å². The molecule has 0 aromatic heterocycles. The maximum Gasteiger partial charge on any atom is 0.125 e. The zero-order valence-corrected chi connectivity index (χ0v) is 13.2. The molecule has 4 heteroatoms. The Balaban J connectivity index is 2.77. The Morgan fingerprint density at radius 3 is 2.74 bits per heavy atom. The number of halogens is 1. The lowest BCUT2D eigenvalue weighted by atomic mass is 10.1. The Kier molecular flexibility index (Phi) is 7.24. The summed E-state index contributed by atoms with van der Waals surface area (Å²) in [5.41, 5.74) is 1.96. The van der Waals surface area contributed by atoms with E-state index in [9.17, 15) is 4.39 Å². The fourth-order valence-electron chi connectivity index (χ4n) is 1.96. The van der Waals surface area contributed by atoms with Gasteiger partial charge in [-0.05, 0) is 49.9 Å². The van der Waals surface area contributed by atoms with Gasteiger partial charge in [0.05, 0.1) is 0 Å². The zero-order chi connectivity index (χ0) is 14.3. The number of hydrogen-bond acceptors (Lipinski definition) is 3. The third-order valence-electron chi connectivity index (χ3n) is 3.17.